The quantitative estimate of drug-likeness (QED) is 0.261. The number of para-hydroxylation sites is 1. The van der Waals surface area contributed by atoms with Crippen LogP contribution in [0.25, 0.3) is 10.8 Å². The molecule has 0 saturated heterocycles. The van der Waals surface area contributed by atoms with Crippen LogP contribution < -0.4 is 15.4 Å². The van der Waals surface area contributed by atoms with Gasteiger partial charge in [-0.05, 0) is 31.4 Å². The number of guanidine groups is 1. The number of aliphatic imine (C=N–C) groups is 1. The lowest BCUT2D eigenvalue weighted by atomic mass is 10.2. The Morgan fingerprint density at radius 1 is 1.18 bits per heavy atom. The molecule has 0 aliphatic heterocycles. The molecule has 6 nitrogen and oxygen atoms in total. The molecular weight excluding hydrogens is 487 g/mol. The third kappa shape index (κ3) is 6.23. The number of ether oxygens (including phenoxy) is 1. The summed E-state index contributed by atoms with van der Waals surface area (Å²) in [7, 11) is 0. The fourth-order valence-electron chi connectivity index (χ4n) is 2.51. The van der Waals surface area contributed by atoms with Crippen LogP contribution in [0, 0.1) is 0 Å². The van der Waals surface area contributed by atoms with Gasteiger partial charge in [0.2, 0.25) is 5.89 Å². The summed E-state index contributed by atoms with van der Waals surface area (Å²) in [4.78, 5) is 10.2. The second-order valence-electron chi connectivity index (χ2n) is 5.71. The lowest BCUT2D eigenvalue weighted by Crippen LogP contribution is -2.36. The van der Waals surface area contributed by atoms with Crippen LogP contribution in [0.15, 0.2) is 57.5 Å². The van der Waals surface area contributed by atoms with Gasteiger partial charge in [-0.2, -0.15) is 0 Å². The SMILES string of the molecule is CCNC(=NCc1ccccc1OCC)NCc1coc(-c2cccs2)n1.I. The van der Waals surface area contributed by atoms with Crippen LogP contribution in [-0.2, 0) is 13.1 Å². The van der Waals surface area contributed by atoms with Gasteiger partial charge in [0.15, 0.2) is 5.96 Å². The Hall–Kier alpha value is -2.07. The Bertz CT molecular complexity index is 865. The number of hydrogen-bond donors (Lipinski definition) is 2. The molecule has 0 atom stereocenters. The first-order chi connectivity index (χ1) is 13.3. The predicted molar refractivity (Wildman–Crippen MR) is 124 cm³/mol. The average Bonchev–Trinajstić information content (AvgIpc) is 3.37. The van der Waals surface area contributed by atoms with Crippen molar-refractivity contribution in [1.82, 2.24) is 15.6 Å². The molecule has 2 aromatic heterocycles. The highest BCUT2D eigenvalue weighted by Gasteiger charge is 2.08. The number of halogens is 1. The standard InChI is InChI=1S/C20H24N4O2S.HI/c1-3-21-20(22-12-15-8-5-6-9-17(15)25-4-2)23-13-16-14-26-19(24-16)18-10-7-11-27-18;/h5-11,14H,3-4,12-13H2,1-2H3,(H2,21,22,23);1H. The van der Waals surface area contributed by atoms with Crippen LogP contribution in [0.5, 0.6) is 5.75 Å². The zero-order valence-corrected chi connectivity index (χ0v) is 19.1. The van der Waals surface area contributed by atoms with E-state index < -0.39 is 0 Å². The van der Waals surface area contributed by atoms with Crippen LogP contribution in [0.4, 0.5) is 0 Å². The van der Waals surface area contributed by atoms with Crippen molar-refractivity contribution in [2.24, 2.45) is 4.99 Å². The minimum atomic E-state index is 0. The van der Waals surface area contributed by atoms with Crippen LogP contribution >= 0.6 is 35.3 Å². The summed E-state index contributed by atoms with van der Waals surface area (Å²) >= 11 is 1.61. The van der Waals surface area contributed by atoms with Crippen molar-refractivity contribution in [3.63, 3.8) is 0 Å². The number of oxazole rings is 1. The Labute approximate surface area is 186 Å². The summed E-state index contributed by atoms with van der Waals surface area (Å²) in [6, 6.07) is 11.9. The average molecular weight is 512 g/mol. The molecule has 0 radical (unpaired) electrons. The maximum absolute atomic E-state index is 5.67. The third-order valence-electron chi connectivity index (χ3n) is 3.74. The molecule has 1 aromatic carbocycles. The molecule has 0 amide bonds. The molecule has 0 aliphatic rings. The van der Waals surface area contributed by atoms with E-state index in [0.29, 0.717) is 25.6 Å². The first-order valence-electron chi connectivity index (χ1n) is 9.01. The molecule has 3 aromatic rings. The minimum Gasteiger partial charge on any atom is -0.494 e. The Kier molecular flexibility index (Phi) is 9.29. The molecule has 0 spiro atoms. The van der Waals surface area contributed by atoms with E-state index in [1.54, 1.807) is 17.6 Å². The van der Waals surface area contributed by atoms with Crippen LogP contribution in [0.1, 0.15) is 25.1 Å². The zero-order valence-electron chi connectivity index (χ0n) is 16.0. The van der Waals surface area contributed by atoms with E-state index in [0.717, 1.165) is 34.4 Å². The number of aromatic nitrogens is 1. The molecule has 0 unspecified atom stereocenters. The highest BCUT2D eigenvalue weighted by atomic mass is 127. The fourth-order valence-corrected chi connectivity index (χ4v) is 3.17. The molecule has 0 saturated carbocycles. The van der Waals surface area contributed by atoms with Gasteiger partial charge in [-0.3, -0.25) is 0 Å². The van der Waals surface area contributed by atoms with Gasteiger partial charge >= 0.3 is 0 Å². The largest absolute Gasteiger partial charge is 0.494 e. The molecule has 3 rings (SSSR count). The number of rotatable bonds is 8. The Balaban J connectivity index is 0.00000280. The zero-order chi connectivity index (χ0) is 18.9. The van der Waals surface area contributed by atoms with E-state index in [2.05, 4.69) is 20.6 Å². The number of nitrogens with one attached hydrogen (secondary N) is 2. The van der Waals surface area contributed by atoms with Crippen molar-refractivity contribution >= 4 is 41.3 Å². The smallest absolute Gasteiger partial charge is 0.236 e. The number of benzene rings is 1. The van der Waals surface area contributed by atoms with Gasteiger partial charge in [0.05, 0.1) is 30.3 Å². The summed E-state index contributed by atoms with van der Waals surface area (Å²) in [6.07, 6.45) is 1.68. The van der Waals surface area contributed by atoms with Gasteiger partial charge in [-0.1, -0.05) is 24.3 Å². The molecule has 0 aliphatic carbocycles. The summed E-state index contributed by atoms with van der Waals surface area (Å²) in [6.45, 7) is 6.50. The monoisotopic (exact) mass is 512 g/mol. The second-order valence-corrected chi connectivity index (χ2v) is 6.66. The Morgan fingerprint density at radius 3 is 2.79 bits per heavy atom. The van der Waals surface area contributed by atoms with Gasteiger partial charge in [-0.25, -0.2) is 9.98 Å². The first kappa shape index (κ1) is 22.2. The van der Waals surface area contributed by atoms with E-state index >= 15 is 0 Å². The van der Waals surface area contributed by atoms with Crippen LogP contribution in [-0.4, -0.2) is 24.1 Å². The molecule has 0 bridgehead atoms. The van der Waals surface area contributed by atoms with Crippen LogP contribution in [0.3, 0.4) is 0 Å². The predicted octanol–water partition coefficient (Wildman–Crippen LogP) is 4.68. The summed E-state index contributed by atoms with van der Waals surface area (Å²) < 4.78 is 11.2. The molecule has 0 fully saturated rings. The Morgan fingerprint density at radius 2 is 2.04 bits per heavy atom. The van der Waals surface area contributed by atoms with Crippen molar-refractivity contribution in [3.8, 4) is 16.5 Å². The van der Waals surface area contributed by atoms with E-state index in [4.69, 9.17) is 9.15 Å². The second kappa shape index (κ2) is 11.7. The molecule has 150 valence electrons. The number of hydrogen-bond acceptors (Lipinski definition) is 5. The highest BCUT2D eigenvalue weighted by molar-refractivity contribution is 14.0. The molecule has 2 N–H and O–H groups in total. The molecule has 2 heterocycles. The fraction of sp³-hybridized carbons (Fsp3) is 0.300. The van der Waals surface area contributed by atoms with E-state index in [-0.39, 0.29) is 24.0 Å². The van der Waals surface area contributed by atoms with Gasteiger partial charge in [0.25, 0.3) is 0 Å². The van der Waals surface area contributed by atoms with Gasteiger partial charge < -0.3 is 19.8 Å². The molecule has 8 heteroatoms. The van der Waals surface area contributed by atoms with Crippen molar-refractivity contribution < 1.29 is 9.15 Å². The normalized spacial score (nSPS) is 11.0. The minimum absolute atomic E-state index is 0. The maximum Gasteiger partial charge on any atom is 0.236 e. The van der Waals surface area contributed by atoms with Gasteiger partial charge in [0.1, 0.15) is 12.0 Å². The van der Waals surface area contributed by atoms with Crippen LogP contribution in [0.2, 0.25) is 0 Å². The van der Waals surface area contributed by atoms with E-state index in [1.807, 2.05) is 55.6 Å². The van der Waals surface area contributed by atoms with E-state index in [1.165, 1.54) is 0 Å². The highest BCUT2D eigenvalue weighted by Crippen LogP contribution is 2.23. The summed E-state index contributed by atoms with van der Waals surface area (Å²) in [5.74, 6) is 2.25. The summed E-state index contributed by atoms with van der Waals surface area (Å²) in [5.41, 5.74) is 1.89. The topological polar surface area (TPSA) is 71.7 Å². The van der Waals surface area contributed by atoms with E-state index in [9.17, 15) is 0 Å². The first-order valence-corrected chi connectivity index (χ1v) is 9.89. The van der Waals surface area contributed by atoms with Crippen molar-refractivity contribution in [2.45, 2.75) is 26.9 Å². The van der Waals surface area contributed by atoms with Crippen molar-refractivity contribution in [1.29, 1.82) is 0 Å². The molecule has 28 heavy (non-hydrogen) atoms. The summed E-state index contributed by atoms with van der Waals surface area (Å²) in [5, 5.41) is 8.55. The lowest BCUT2D eigenvalue weighted by molar-refractivity contribution is 0.336. The maximum atomic E-state index is 5.67. The number of thiophene rings is 1. The molecular formula is C20H25IN4O2S. The van der Waals surface area contributed by atoms with Gasteiger partial charge in [0, 0.05) is 12.1 Å². The number of nitrogens with zero attached hydrogens (tertiary/aromatic N) is 2. The van der Waals surface area contributed by atoms with Gasteiger partial charge in [-0.15, -0.1) is 35.3 Å². The lowest BCUT2D eigenvalue weighted by Gasteiger charge is -2.11. The van der Waals surface area contributed by atoms with Crippen molar-refractivity contribution in [2.75, 3.05) is 13.2 Å². The third-order valence-corrected chi connectivity index (χ3v) is 4.60. The van der Waals surface area contributed by atoms with Crippen molar-refractivity contribution in [3.05, 3.63) is 59.3 Å².